The van der Waals surface area contributed by atoms with Crippen LogP contribution in [0.5, 0.6) is 5.88 Å². The highest BCUT2D eigenvalue weighted by molar-refractivity contribution is 5.93. The number of hydrogen-bond donors (Lipinski definition) is 0. The molecule has 0 saturated carbocycles. The van der Waals surface area contributed by atoms with E-state index in [-0.39, 0.29) is 5.91 Å². The van der Waals surface area contributed by atoms with Gasteiger partial charge in [-0.1, -0.05) is 0 Å². The van der Waals surface area contributed by atoms with Crippen LogP contribution in [0, 0.1) is 5.92 Å². The molecule has 0 radical (unpaired) electrons. The van der Waals surface area contributed by atoms with Gasteiger partial charge in [0, 0.05) is 32.5 Å². The zero-order valence-corrected chi connectivity index (χ0v) is 11.9. The van der Waals surface area contributed by atoms with Crippen molar-refractivity contribution >= 4 is 5.91 Å². The van der Waals surface area contributed by atoms with Gasteiger partial charge in [-0.15, -0.1) is 0 Å². The highest BCUT2D eigenvalue weighted by atomic mass is 16.7. The van der Waals surface area contributed by atoms with Crippen molar-refractivity contribution in [2.24, 2.45) is 5.92 Å². The highest BCUT2D eigenvalue weighted by Crippen LogP contribution is 2.17. The van der Waals surface area contributed by atoms with E-state index >= 15 is 0 Å². The lowest BCUT2D eigenvalue weighted by Gasteiger charge is -2.21. The Morgan fingerprint density at radius 3 is 2.80 bits per heavy atom. The molecule has 0 N–H and O–H groups in total. The van der Waals surface area contributed by atoms with Crippen LogP contribution in [0.25, 0.3) is 0 Å². The van der Waals surface area contributed by atoms with Gasteiger partial charge in [-0.05, 0) is 24.8 Å². The minimum absolute atomic E-state index is 0.240. The fourth-order valence-electron chi connectivity index (χ4n) is 1.97. The number of pyridine rings is 1. The zero-order chi connectivity index (χ0) is 14.4. The normalized spacial score (nSPS) is 15.9. The average molecular weight is 280 g/mol. The molecule has 1 saturated heterocycles. The number of rotatable bonds is 5. The quantitative estimate of drug-likeness (QED) is 0.765. The lowest BCUT2D eigenvalue weighted by atomic mass is 10.0. The van der Waals surface area contributed by atoms with Crippen LogP contribution in [-0.2, 0) is 9.57 Å². The summed E-state index contributed by atoms with van der Waals surface area (Å²) in [4.78, 5) is 20.8. The van der Waals surface area contributed by atoms with E-state index in [1.807, 2.05) is 0 Å². The molecule has 110 valence electrons. The van der Waals surface area contributed by atoms with Crippen LogP contribution in [-0.4, -0.2) is 49.9 Å². The predicted molar refractivity (Wildman–Crippen MR) is 72.4 cm³/mol. The lowest BCUT2D eigenvalue weighted by molar-refractivity contribution is -0.0757. The maximum atomic E-state index is 11.8. The molecule has 1 aliphatic heterocycles. The number of hydrogen-bond acceptors (Lipinski definition) is 5. The number of nitrogens with zero attached hydrogens (tertiary/aromatic N) is 2. The third-order valence-corrected chi connectivity index (χ3v) is 3.35. The van der Waals surface area contributed by atoms with Crippen LogP contribution >= 0.6 is 0 Å². The van der Waals surface area contributed by atoms with Crippen molar-refractivity contribution in [3.8, 4) is 5.88 Å². The summed E-state index contributed by atoms with van der Waals surface area (Å²) >= 11 is 0. The van der Waals surface area contributed by atoms with Crippen LogP contribution in [0.2, 0.25) is 0 Å². The number of carbonyl (C=O) groups excluding carboxylic acids is 1. The Morgan fingerprint density at radius 2 is 2.20 bits per heavy atom. The molecule has 1 fully saturated rings. The van der Waals surface area contributed by atoms with Gasteiger partial charge >= 0.3 is 0 Å². The maximum Gasteiger partial charge on any atom is 0.278 e. The molecular formula is C14H20N2O4. The molecule has 6 heteroatoms. The van der Waals surface area contributed by atoms with Crippen LogP contribution < -0.4 is 4.74 Å². The SMILES string of the molecule is CON(C)C(=O)c1ccc(OCC2CCOCC2)nc1. The molecule has 1 amide bonds. The summed E-state index contributed by atoms with van der Waals surface area (Å²) in [6, 6.07) is 3.39. The largest absolute Gasteiger partial charge is 0.477 e. The van der Waals surface area contributed by atoms with E-state index in [9.17, 15) is 4.79 Å². The second kappa shape index (κ2) is 7.21. The van der Waals surface area contributed by atoms with E-state index in [2.05, 4.69) is 4.98 Å². The molecule has 1 aromatic rings. The Bertz CT molecular complexity index is 429. The fraction of sp³-hybridized carbons (Fsp3) is 0.571. The zero-order valence-electron chi connectivity index (χ0n) is 11.9. The van der Waals surface area contributed by atoms with Crippen molar-refractivity contribution in [1.29, 1.82) is 0 Å². The molecular weight excluding hydrogens is 260 g/mol. The summed E-state index contributed by atoms with van der Waals surface area (Å²) < 4.78 is 10.9. The molecule has 1 aliphatic rings. The van der Waals surface area contributed by atoms with Crippen LogP contribution in [0.15, 0.2) is 18.3 Å². The van der Waals surface area contributed by atoms with Gasteiger partial charge in [0.2, 0.25) is 5.88 Å². The van der Waals surface area contributed by atoms with Gasteiger partial charge in [0.1, 0.15) is 0 Å². The van der Waals surface area contributed by atoms with Gasteiger partial charge in [-0.2, -0.15) is 0 Å². The van der Waals surface area contributed by atoms with E-state index in [1.165, 1.54) is 13.3 Å². The van der Waals surface area contributed by atoms with Crippen LogP contribution in [0.1, 0.15) is 23.2 Å². The van der Waals surface area contributed by atoms with E-state index in [0.29, 0.717) is 24.0 Å². The molecule has 0 bridgehead atoms. The summed E-state index contributed by atoms with van der Waals surface area (Å²) in [7, 11) is 2.99. The number of hydroxylamine groups is 2. The average Bonchev–Trinajstić information content (AvgIpc) is 2.53. The first-order valence-electron chi connectivity index (χ1n) is 6.69. The third-order valence-electron chi connectivity index (χ3n) is 3.35. The van der Waals surface area contributed by atoms with E-state index in [0.717, 1.165) is 31.1 Å². The van der Waals surface area contributed by atoms with Crippen molar-refractivity contribution in [2.75, 3.05) is 34.0 Å². The monoisotopic (exact) mass is 280 g/mol. The third kappa shape index (κ3) is 3.91. The van der Waals surface area contributed by atoms with Gasteiger partial charge in [0.25, 0.3) is 5.91 Å². The van der Waals surface area contributed by atoms with Crippen LogP contribution in [0.3, 0.4) is 0 Å². The van der Waals surface area contributed by atoms with Gasteiger partial charge < -0.3 is 9.47 Å². The number of amides is 1. The fourth-order valence-corrected chi connectivity index (χ4v) is 1.97. The molecule has 0 aliphatic carbocycles. The topological polar surface area (TPSA) is 60.9 Å². The predicted octanol–water partition coefficient (Wildman–Crippen LogP) is 1.52. The minimum atomic E-state index is -0.240. The molecule has 2 rings (SSSR count). The van der Waals surface area contributed by atoms with E-state index in [4.69, 9.17) is 14.3 Å². The van der Waals surface area contributed by atoms with Crippen molar-refractivity contribution in [2.45, 2.75) is 12.8 Å². The van der Waals surface area contributed by atoms with Gasteiger partial charge in [0.15, 0.2) is 0 Å². The highest BCUT2D eigenvalue weighted by Gasteiger charge is 2.15. The van der Waals surface area contributed by atoms with Crippen molar-refractivity contribution in [3.63, 3.8) is 0 Å². The summed E-state index contributed by atoms with van der Waals surface area (Å²) in [5.41, 5.74) is 0.466. The second-order valence-corrected chi connectivity index (χ2v) is 4.74. The van der Waals surface area contributed by atoms with Crippen molar-refractivity contribution in [3.05, 3.63) is 23.9 Å². The molecule has 6 nitrogen and oxygen atoms in total. The van der Waals surface area contributed by atoms with E-state index < -0.39 is 0 Å². The molecule has 0 spiro atoms. The van der Waals surface area contributed by atoms with E-state index in [1.54, 1.807) is 19.2 Å². The minimum Gasteiger partial charge on any atom is -0.477 e. The first-order valence-corrected chi connectivity index (χ1v) is 6.69. The maximum absolute atomic E-state index is 11.8. The first kappa shape index (κ1) is 14.7. The Morgan fingerprint density at radius 1 is 1.45 bits per heavy atom. The summed E-state index contributed by atoms with van der Waals surface area (Å²) in [5, 5.41) is 1.15. The lowest BCUT2D eigenvalue weighted by Crippen LogP contribution is -2.25. The van der Waals surface area contributed by atoms with Gasteiger partial charge in [-0.25, -0.2) is 10.0 Å². The van der Waals surface area contributed by atoms with Crippen LogP contribution in [0.4, 0.5) is 0 Å². The number of aromatic nitrogens is 1. The summed E-state index contributed by atoms with van der Waals surface area (Å²) in [6.07, 6.45) is 3.54. The van der Waals surface area contributed by atoms with Gasteiger partial charge in [-0.3, -0.25) is 9.63 Å². The number of ether oxygens (including phenoxy) is 2. The summed E-state index contributed by atoms with van der Waals surface area (Å²) in [6.45, 7) is 2.25. The Labute approximate surface area is 118 Å². The van der Waals surface area contributed by atoms with Gasteiger partial charge in [0.05, 0.1) is 19.3 Å². The Balaban J connectivity index is 1.86. The molecule has 0 atom stereocenters. The smallest absolute Gasteiger partial charge is 0.278 e. The first-order chi connectivity index (χ1) is 9.70. The molecule has 1 aromatic heterocycles. The van der Waals surface area contributed by atoms with Crippen molar-refractivity contribution < 1.29 is 19.1 Å². The Hall–Kier alpha value is -1.66. The second-order valence-electron chi connectivity index (χ2n) is 4.74. The number of carbonyl (C=O) groups is 1. The molecule has 0 aromatic carbocycles. The summed E-state index contributed by atoms with van der Waals surface area (Å²) in [5.74, 6) is 0.815. The molecule has 2 heterocycles. The van der Waals surface area contributed by atoms with Crippen molar-refractivity contribution in [1.82, 2.24) is 10.0 Å². The standard InChI is InChI=1S/C14H20N2O4/c1-16(18-2)14(17)12-3-4-13(15-9-12)20-10-11-5-7-19-8-6-11/h3-4,9,11H,5-8,10H2,1-2H3. The Kier molecular flexibility index (Phi) is 5.31. The molecule has 20 heavy (non-hydrogen) atoms. The molecule has 0 unspecified atom stereocenters.